The molecule has 1 aliphatic rings. The molecular formula is C22H29N2O6P. The zero-order valence-corrected chi connectivity index (χ0v) is 18.9. The van der Waals surface area contributed by atoms with Gasteiger partial charge in [-0.25, -0.2) is 4.79 Å². The number of benzene rings is 2. The van der Waals surface area contributed by atoms with E-state index in [2.05, 4.69) is 0 Å². The van der Waals surface area contributed by atoms with Crippen LogP contribution in [0.5, 0.6) is 11.5 Å². The van der Waals surface area contributed by atoms with Crippen LogP contribution in [0.25, 0.3) is 0 Å². The van der Waals surface area contributed by atoms with Gasteiger partial charge in [0.1, 0.15) is 11.5 Å². The Hall–Kier alpha value is -2.54. The highest BCUT2D eigenvalue weighted by atomic mass is 31.2. The number of nitrogens with zero attached hydrogens (tertiary/aromatic N) is 2. The molecule has 1 fully saturated rings. The van der Waals surface area contributed by atoms with E-state index in [1.807, 2.05) is 30.3 Å². The Morgan fingerprint density at radius 3 is 2.32 bits per heavy atom. The minimum absolute atomic E-state index is 0.0111. The molecule has 0 aliphatic carbocycles. The van der Waals surface area contributed by atoms with E-state index < -0.39 is 13.6 Å². The van der Waals surface area contributed by atoms with Gasteiger partial charge in [0.15, 0.2) is 0 Å². The zero-order chi connectivity index (χ0) is 22.6. The lowest BCUT2D eigenvalue weighted by Gasteiger charge is -2.25. The number of anilines is 1. The Labute approximate surface area is 182 Å². The normalized spacial score (nSPS) is 16.9. The number of carbonyl (C=O) groups excluding carboxylic acids is 1. The number of phenolic OH excluding ortho intramolecular Hbond substituents is 2. The van der Waals surface area contributed by atoms with E-state index in [9.17, 15) is 19.6 Å². The van der Waals surface area contributed by atoms with Gasteiger partial charge in [-0.05, 0) is 45.0 Å². The van der Waals surface area contributed by atoms with Crippen LogP contribution in [0.1, 0.15) is 31.0 Å². The van der Waals surface area contributed by atoms with Crippen LogP contribution in [0.15, 0.2) is 42.5 Å². The molecule has 1 saturated heterocycles. The van der Waals surface area contributed by atoms with E-state index in [-0.39, 0.29) is 50.0 Å². The van der Waals surface area contributed by atoms with Gasteiger partial charge in [-0.1, -0.05) is 18.2 Å². The first-order chi connectivity index (χ1) is 14.8. The van der Waals surface area contributed by atoms with Gasteiger partial charge in [-0.3, -0.25) is 9.46 Å². The third kappa shape index (κ3) is 4.87. The molecule has 2 amide bonds. The molecule has 2 N–H and O–H groups in total. The molecular weight excluding hydrogens is 419 g/mol. The summed E-state index contributed by atoms with van der Waals surface area (Å²) in [6.45, 7) is 6.09. The van der Waals surface area contributed by atoms with Crippen molar-refractivity contribution >= 4 is 19.3 Å². The van der Waals surface area contributed by atoms with E-state index >= 15 is 0 Å². The Morgan fingerprint density at radius 1 is 1.06 bits per heavy atom. The number of rotatable bonds is 9. The summed E-state index contributed by atoms with van der Waals surface area (Å²) in [4.78, 5) is 16.5. The molecule has 168 valence electrons. The van der Waals surface area contributed by atoms with Crippen LogP contribution in [0.3, 0.4) is 0 Å². The maximum atomic E-state index is 13.3. The summed E-state index contributed by atoms with van der Waals surface area (Å²) in [7, 11) is -3.30. The van der Waals surface area contributed by atoms with Crippen molar-refractivity contribution in [1.29, 1.82) is 0 Å². The van der Waals surface area contributed by atoms with Crippen molar-refractivity contribution in [2.75, 3.05) is 37.4 Å². The predicted octanol–water partition coefficient (Wildman–Crippen LogP) is 4.66. The number of hydrogen-bond donors (Lipinski definition) is 2. The van der Waals surface area contributed by atoms with Crippen LogP contribution in [0, 0.1) is 6.92 Å². The quantitative estimate of drug-likeness (QED) is 0.542. The molecule has 1 atom stereocenters. The number of phenols is 2. The smallest absolute Gasteiger partial charge is 0.332 e. The van der Waals surface area contributed by atoms with Crippen LogP contribution < -0.4 is 4.90 Å². The number of amides is 2. The summed E-state index contributed by atoms with van der Waals surface area (Å²) in [6, 6.07) is 11.6. The summed E-state index contributed by atoms with van der Waals surface area (Å²) in [5.41, 5.74) is 1.57. The summed E-state index contributed by atoms with van der Waals surface area (Å²) < 4.78 is 23.6. The van der Waals surface area contributed by atoms with Crippen LogP contribution in [0.4, 0.5) is 10.5 Å². The average Bonchev–Trinajstić information content (AvgIpc) is 3.08. The average molecular weight is 448 g/mol. The molecule has 0 saturated carbocycles. The molecule has 2 aromatic rings. The predicted molar refractivity (Wildman–Crippen MR) is 119 cm³/mol. The first-order valence-corrected chi connectivity index (χ1v) is 12.1. The monoisotopic (exact) mass is 448 g/mol. The Morgan fingerprint density at radius 2 is 1.71 bits per heavy atom. The molecule has 1 unspecified atom stereocenters. The molecule has 0 spiro atoms. The Balaban J connectivity index is 1.92. The van der Waals surface area contributed by atoms with Crippen molar-refractivity contribution in [1.82, 2.24) is 4.90 Å². The number of hydrogen-bond acceptors (Lipinski definition) is 6. The van der Waals surface area contributed by atoms with Gasteiger partial charge >= 0.3 is 13.6 Å². The molecule has 1 heterocycles. The fourth-order valence-electron chi connectivity index (χ4n) is 3.74. The second-order valence-corrected chi connectivity index (χ2v) is 9.45. The van der Waals surface area contributed by atoms with E-state index in [4.69, 9.17) is 9.05 Å². The maximum absolute atomic E-state index is 13.3. The zero-order valence-electron chi connectivity index (χ0n) is 18.0. The molecule has 0 aromatic heterocycles. The fourth-order valence-corrected chi connectivity index (χ4v) is 5.35. The molecule has 0 radical (unpaired) electrons. The highest BCUT2D eigenvalue weighted by Crippen LogP contribution is 2.48. The Kier molecular flexibility index (Phi) is 7.26. The third-order valence-corrected chi connectivity index (χ3v) is 7.35. The van der Waals surface area contributed by atoms with Crippen molar-refractivity contribution in [3.8, 4) is 11.5 Å². The molecule has 31 heavy (non-hydrogen) atoms. The third-order valence-electron chi connectivity index (χ3n) is 5.30. The second-order valence-electron chi connectivity index (χ2n) is 7.27. The molecule has 2 aromatic carbocycles. The number of aromatic hydroxyl groups is 2. The number of carbonyl (C=O) groups is 1. The fraction of sp³-hybridized carbons (Fsp3) is 0.409. The van der Waals surface area contributed by atoms with Gasteiger partial charge in [-0.15, -0.1) is 0 Å². The van der Waals surface area contributed by atoms with Gasteiger partial charge in [0.05, 0.1) is 25.4 Å². The Bertz CT molecular complexity index is 958. The molecule has 3 rings (SSSR count). The topological polar surface area (TPSA) is 99.5 Å². The largest absolute Gasteiger partial charge is 0.508 e. The SMILES string of the molecule is CCOP(=O)(CCN1CC(c2ccc(O)c(C)c2O)N(c2ccccc2)C1=O)OCC. The van der Waals surface area contributed by atoms with Gasteiger partial charge < -0.3 is 24.2 Å². The standard InChI is InChI=1S/C22H29N2O6P/c1-4-29-31(28,30-5-2)14-13-23-15-19(18-11-12-20(25)16(3)21(18)26)24(22(23)27)17-9-7-6-8-10-17/h6-12,19,25-26H,4-5,13-15H2,1-3H3. The van der Waals surface area contributed by atoms with Crippen LogP contribution in [-0.2, 0) is 13.6 Å². The van der Waals surface area contributed by atoms with E-state index in [1.54, 1.807) is 36.6 Å². The molecule has 1 aliphatic heterocycles. The molecule has 8 nitrogen and oxygen atoms in total. The second kappa shape index (κ2) is 9.73. The van der Waals surface area contributed by atoms with Crippen molar-refractivity contribution in [3.63, 3.8) is 0 Å². The van der Waals surface area contributed by atoms with Crippen LogP contribution in [0.2, 0.25) is 0 Å². The van der Waals surface area contributed by atoms with E-state index in [0.29, 0.717) is 16.8 Å². The first kappa shape index (κ1) is 23.1. The van der Waals surface area contributed by atoms with Gasteiger partial charge in [0.2, 0.25) is 0 Å². The van der Waals surface area contributed by atoms with Crippen molar-refractivity contribution < 1.29 is 28.6 Å². The number of para-hydroxylation sites is 1. The number of urea groups is 1. The van der Waals surface area contributed by atoms with Crippen molar-refractivity contribution in [2.24, 2.45) is 0 Å². The lowest BCUT2D eigenvalue weighted by Crippen LogP contribution is -2.34. The summed E-state index contributed by atoms with van der Waals surface area (Å²) in [5.74, 6) is -0.0575. The van der Waals surface area contributed by atoms with Crippen molar-refractivity contribution in [2.45, 2.75) is 26.8 Å². The summed E-state index contributed by atoms with van der Waals surface area (Å²) in [6.07, 6.45) is 0.0797. The summed E-state index contributed by atoms with van der Waals surface area (Å²) in [5, 5.41) is 20.6. The lowest BCUT2D eigenvalue weighted by atomic mass is 10.0. The van der Waals surface area contributed by atoms with E-state index in [1.165, 1.54) is 6.07 Å². The minimum atomic E-state index is -3.30. The summed E-state index contributed by atoms with van der Waals surface area (Å²) >= 11 is 0. The highest BCUT2D eigenvalue weighted by Gasteiger charge is 2.41. The van der Waals surface area contributed by atoms with Gasteiger partial charge in [0, 0.05) is 29.9 Å². The highest BCUT2D eigenvalue weighted by molar-refractivity contribution is 7.53. The first-order valence-electron chi connectivity index (χ1n) is 10.3. The van der Waals surface area contributed by atoms with Gasteiger partial charge in [-0.2, -0.15) is 0 Å². The minimum Gasteiger partial charge on any atom is -0.508 e. The molecule has 0 bridgehead atoms. The van der Waals surface area contributed by atoms with Crippen molar-refractivity contribution in [3.05, 3.63) is 53.6 Å². The van der Waals surface area contributed by atoms with Crippen LogP contribution >= 0.6 is 7.60 Å². The van der Waals surface area contributed by atoms with Gasteiger partial charge in [0.25, 0.3) is 0 Å². The molecule has 9 heteroatoms. The maximum Gasteiger partial charge on any atom is 0.332 e. The van der Waals surface area contributed by atoms with E-state index in [0.717, 1.165) is 0 Å². The van der Waals surface area contributed by atoms with Crippen LogP contribution in [-0.4, -0.2) is 53.6 Å². The lowest BCUT2D eigenvalue weighted by molar-refractivity contribution is 0.210.